The summed E-state index contributed by atoms with van der Waals surface area (Å²) in [5, 5.41) is 8.47. The molecule has 1 aliphatic heterocycles. The molecule has 8 heteroatoms. The molecule has 1 N–H and O–H groups in total. The minimum atomic E-state index is -4.00. The van der Waals surface area contributed by atoms with Gasteiger partial charge in [-0.15, -0.1) is 0 Å². The summed E-state index contributed by atoms with van der Waals surface area (Å²) in [6.07, 6.45) is 0. The third-order valence-electron chi connectivity index (χ3n) is 2.19. The first-order chi connectivity index (χ1) is 8.88. The van der Waals surface area contributed by atoms with Gasteiger partial charge in [-0.2, -0.15) is 0 Å². The summed E-state index contributed by atoms with van der Waals surface area (Å²) in [6, 6.07) is 5.09. The van der Waals surface area contributed by atoms with Crippen molar-refractivity contribution in [3.63, 3.8) is 0 Å². The van der Waals surface area contributed by atoms with Gasteiger partial charge in [0.15, 0.2) is 0 Å². The topological polar surface area (TPSA) is 93.0 Å². The van der Waals surface area contributed by atoms with E-state index in [9.17, 15) is 17.6 Å². The van der Waals surface area contributed by atoms with Crippen LogP contribution in [0.3, 0.4) is 0 Å². The number of aliphatic carboxylic acids is 1. The number of carbonyl (C=O) groups is 1. The average molecular weight is 285 g/mol. The summed E-state index contributed by atoms with van der Waals surface area (Å²) < 4.78 is 40.6. The Morgan fingerprint density at radius 1 is 1.32 bits per heavy atom. The Balaban J connectivity index is 2.09. The van der Waals surface area contributed by atoms with Crippen LogP contribution >= 0.6 is 0 Å². The molecular formula is C11H8FNO5S. The molecule has 0 amide bonds. The number of carboxylic acid groups (broad SMARTS) is 1. The number of hydrogen-bond acceptors (Lipinski definition) is 5. The molecule has 0 saturated heterocycles. The smallest absolute Gasteiger partial charge is 0.366 e. The molecule has 0 unspecified atom stereocenters. The maximum absolute atomic E-state index is 12.6. The van der Waals surface area contributed by atoms with Crippen molar-refractivity contribution in [2.24, 2.45) is 4.99 Å². The van der Waals surface area contributed by atoms with E-state index in [-0.39, 0.29) is 12.3 Å². The molecule has 1 heterocycles. The van der Waals surface area contributed by atoms with E-state index in [2.05, 4.69) is 4.99 Å². The maximum atomic E-state index is 12.6. The van der Waals surface area contributed by atoms with Crippen LogP contribution in [0.25, 0.3) is 0 Å². The van der Waals surface area contributed by atoms with Crippen molar-refractivity contribution in [2.75, 3.05) is 6.61 Å². The highest BCUT2D eigenvalue weighted by Gasteiger charge is 2.31. The van der Waals surface area contributed by atoms with Crippen molar-refractivity contribution in [1.29, 1.82) is 0 Å². The number of sulfone groups is 1. The van der Waals surface area contributed by atoms with E-state index in [1.165, 1.54) is 24.3 Å². The molecule has 0 radical (unpaired) electrons. The van der Waals surface area contributed by atoms with Crippen molar-refractivity contribution >= 4 is 20.9 Å². The lowest BCUT2D eigenvalue weighted by Gasteiger charge is -2.04. The first-order valence-corrected chi connectivity index (χ1v) is 6.59. The van der Waals surface area contributed by atoms with Crippen molar-refractivity contribution in [3.05, 3.63) is 41.2 Å². The quantitative estimate of drug-likeness (QED) is 0.889. The second-order valence-electron chi connectivity index (χ2n) is 3.62. The highest BCUT2D eigenvalue weighted by atomic mass is 32.2. The summed E-state index contributed by atoms with van der Waals surface area (Å²) in [4.78, 5) is 14.1. The van der Waals surface area contributed by atoms with Crippen LogP contribution in [0.5, 0.6) is 5.75 Å². The Bertz CT molecular complexity index is 676. The van der Waals surface area contributed by atoms with Gasteiger partial charge in [0.1, 0.15) is 18.2 Å². The van der Waals surface area contributed by atoms with Gasteiger partial charge in [-0.1, -0.05) is 0 Å². The van der Waals surface area contributed by atoms with Gasteiger partial charge in [-0.3, -0.25) is 0 Å². The lowest BCUT2D eigenvalue weighted by Crippen LogP contribution is -2.19. The Kier molecular flexibility index (Phi) is 3.34. The Hall–Kier alpha value is -2.22. The summed E-state index contributed by atoms with van der Waals surface area (Å²) in [7, 11) is -4.00. The second kappa shape index (κ2) is 4.81. The van der Waals surface area contributed by atoms with Crippen LogP contribution in [0.2, 0.25) is 0 Å². The van der Waals surface area contributed by atoms with E-state index in [0.717, 1.165) is 5.41 Å². The number of benzene rings is 1. The number of nitrogens with zero attached hydrogens (tertiary/aromatic N) is 1. The molecule has 0 saturated carbocycles. The van der Waals surface area contributed by atoms with Gasteiger partial charge in [0.2, 0.25) is 14.9 Å². The van der Waals surface area contributed by atoms with Crippen LogP contribution in [-0.4, -0.2) is 31.1 Å². The normalized spacial score (nSPS) is 16.7. The standard InChI is InChI=1S/C11H8FNO5S/c12-7-1-3-9(4-2-7)18-5-8-6-19(16,17)10(13-8)11(14)15/h1-4,6H,5H2,(H,14,15). The predicted molar refractivity (Wildman–Crippen MR) is 64.0 cm³/mol. The van der Waals surface area contributed by atoms with Crippen LogP contribution < -0.4 is 4.74 Å². The number of carboxylic acids is 1. The van der Waals surface area contributed by atoms with Crippen LogP contribution in [0, 0.1) is 5.82 Å². The molecule has 6 nitrogen and oxygen atoms in total. The van der Waals surface area contributed by atoms with Gasteiger partial charge < -0.3 is 9.84 Å². The molecule has 100 valence electrons. The summed E-state index contributed by atoms with van der Waals surface area (Å²) in [5.74, 6) is -1.73. The first-order valence-electron chi connectivity index (χ1n) is 5.04. The average Bonchev–Trinajstić information content (AvgIpc) is 2.64. The molecule has 0 bridgehead atoms. The molecule has 1 aromatic rings. The molecule has 0 aromatic heterocycles. The van der Waals surface area contributed by atoms with Gasteiger partial charge in [0.25, 0.3) is 0 Å². The minimum absolute atomic E-state index is 0.0262. The molecular weight excluding hydrogens is 277 g/mol. The third-order valence-corrected chi connectivity index (χ3v) is 3.58. The van der Waals surface area contributed by atoms with Gasteiger partial charge in [-0.05, 0) is 24.3 Å². The molecule has 1 aromatic carbocycles. The van der Waals surface area contributed by atoms with E-state index in [1.54, 1.807) is 0 Å². The number of ether oxygens (including phenoxy) is 1. The number of halogens is 1. The predicted octanol–water partition coefficient (Wildman–Crippen LogP) is 0.957. The largest absolute Gasteiger partial charge is 0.487 e. The number of hydrogen-bond donors (Lipinski definition) is 1. The van der Waals surface area contributed by atoms with Crippen LogP contribution in [0.4, 0.5) is 4.39 Å². The van der Waals surface area contributed by atoms with E-state index >= 15 is 0 Å². The molecule has 1 aliphatic rings. The third kappa shape index (κ3) is 2.97. The zero-order valence-corrected chi connectivity index (χ0v) is 10.2. The molecule has 0 aliphatic carbocycles. The van der Waals surface area contributed by atoms with Crippen LogP contribution in [0.15, 0.2) is 40.4 Å². The van der Waals surface area contributed by atoms with Crippen molar-refractivity contribution in [1.82, 2.24) is 0 Å². The van der Waals surface area contributed by atoms with Crippen molar-refractivity contribution in [3.8, 4) is 5.75 Å². The lowest BCUT2D eigenvalue weighted by atomic mass is 10.3. The molecule has 19 heavy (non-hydrogen) atoms. The highest BCUT2D eigenvalue weighted by Crippen LogP contribution is 2.17. The summed E-state index contributed by atoms with van der Waals surface area (Å²) in [6.45, 7) is -0.221. The second-order valence-corrected chi connectivity index (χ2v) is 5.33. The summed E-state index contributed by atoms with van der Waals surface area (Å²) >= 11 is 0. The van der Waals surface area contributed by atoms with Gasteiger partial charge in [0.05, 0.1) is 11.1 Å². The maximum Gasteiger partial charge on any atom is 0.366 e. The van der Waals surface area contributed by atoms with Gasteiger partial charge >= 0.3 is 5.97 Å². The number of rotatable bonds is 4. The Morgan fingerprint density at radius 2 is 1.95 bits per heavy atom. The highest BCUT2D eigenvalue weighted by molar-refractivity contribution is 8.11. The van der Waals surface area contributed by atoms with Crippen molar-refractivity contribution < 1.29 is 27.4 Å². The fraction of sp³-hybridized carbons (Fsp3) is 0.0909. The Morgan fingerprint density at radius 3 is 2.47 bits per heavy atom. The summed E-state index contributed by atoms with van der Waals surface area (Å²) in [5.41, 5.74) is -0.0262. The minimum Gasteiger partial charge on any atom is -0.487 e. The molecule has 0 atom stereocenters. The lowest BCUT2D eigenvalue weighted by molar-refractivity contribution is -0.129. The Labute approximate surface area is 107 Å². The fourth-order valence-electron chi connectivity index (χ4n) is 1.38. The van der Waals surface area contributed by atoms with Gasteiger partial charge in [-0.25, -0.2) is 22.6 Å². The first kappa shape index (κ1) is 13.2. The fourth-order valence-corrected chi connectivity index (χ4v) is 2.46. The van der Waals surface area contributed by atoms with E-state index < -0.39 is 26.7 Å². The molecule has 2 rings (SSSR count). The zero-order valence-electron chi connectivity index (χ0n) is 9.41. The van der Waals surface area contributed by atoms with Crippen LogP contribution in [-0.2, 0) is 14.6 Å². The van der Waals surface area contributed by atoms with E-state index in [4.69, 9.17) is 9.84 Å². The van der Waals surface area contributed by atoms with Crippen LogP contribution in [0.1, 0.15) is 0 Å². The monoisotopic (exact) mass is 285 g/mol. The van der Waals surface area contributed by atoms with Crippen molar-refractivity contribution in [2.45, 2.75) is 0 Å². The van der Waals surface area contributed by atoms with Gasteiger partial charge in [0, 0.05) is 0 Å². The van der Waals surface area contributed by atoms with E-state index in [1.807, 2.05) is 0 Å². The van der Waals surface area contributed by atoms with E-state index in [0.29, 0.717) is 5.75 Å². The molecule has 0 fully saturated rings. The molecule has 0 spiro atoms. The SMILES string of the molecule is O=C(O)C1=NC(COc2ccc(F)cc2)=CS1(=O)=O. The number of aliphatic imine (C=N–C) groups is 1. The zero-order chi connectivity index (χ0) is 14.0.